The van der Waals surface area contributed by atoms with Crippen LogP contribution in [0.15, 0.2) is 54.9 Å². The number of hydrogen-bond acceptors (Lipinski definition) is 4. The van der Waals surface area contributed by atoms with E-state index in [0.29, 0.717) is 11.5 Å². The van der Waals surface area contributed by atoms with Gasteiger partial charge in [0.1, 0.15) is 5.82 Å². The number of carbonyl (C=O) groups is 1. The molecule has 0 saturated carbocycles. The minimum absolute atomic E-state index is 0.201. The maximum Gasteiger partial charge on any atom is 0.278 e. The number of hydrogen-bond donors (Lipinski definition) is 0. The molecule has 110 valence electrons. The number of anilines is 1. The minimum Gasteiger partial charge on any atom is -0.310 e. The molecular weight excluding hydrogens is 278 g/mol. The van der Waals surface area contributed by atoms with E-state index in [2.05, 4.69) is 15.2 Å². The zero-order valence-corrected chi connectivity index (χ0v) is 12.3. The van der Waals surface area contributed by atoms with Crippen LogP contribution in [0.25, 0.3) is 5.82 Å². The third kappa shape index (κ3) is 2.58. The van der Waals surface area contributed by atoms with Crippen LogP contribution in [0.4, 0.5) is 5.69 Å². The number of imidazole rings is 1. The fourth-order valence-electron chi connectivity index (χ4n) is 2.13. The van der Waals surface area contributed by atoms with Gasteiger partial charge in [-0.1, -0.05) is 18.2 Å². The molecule has 6 heteroatoms. The lowest BCUT2D eigenvalue weighted by Gasteiger charge is -2.16. The van der Waals surface area contributed by atoms with Crippen molar-refractivity contribution in [2.75, 3.05) is 11.9 Å². The van der Waals surface area contributed by atoms with Gasteiger partial charge in [0.2, 0.25) is 0 Å². The fraction of sp³-hybridized carbons (Fsp3) is 0.125. The molecule has 22 heavy (non-hydrogen) atoms. The number of aromatic nitrogens is 4. The number of carbonyl (C=O) groups excluding carboxylic acids is 1. The molecule has 0 radical (unpaired) electrons. The second-order valence-electron chi connectivity index (χ2n) is 4.82. The molecule has 3 rings (SSSR count). The Labute approximate surface area is 128 Å². The Kier molecular flexibility index (Phi) is 3.65. The van der Waals surface area contributed by atoms with E-state index >= 15 is 0 Å². The van der Waals surface area contributed by atoms with E-state index in [1.54, 1.807) is 36.5 Å². The first-order valence-corrected chi connectivity index (χ1v) is 6.84. The molecule has 0 aliphatic carbocycles. The Morgan fingerprint density at radius 2 is 1.86 bits per heavy atom. The molecule has 3 aromatic rings. The summed E-state index contributed by atoms with van der Waals surface area (Å²) in [6.45, 7) is 1.88. The maximum absolute atomic E-state index is 12.4. The molecule has 0 aliphatic rings. The Morgan fingerprint density at radius 1 is 1.09 bits per heavy atom. The van der Waals surface area contributed by atoms with E-state index in [4.69, 9.17) is 0 Å². The van der Waals surface area contributed by atoms with Gasteiger partial charge in [-0.05, 0) is 31.2 Å². The second kappa shape index (κ2) is 5.77. The number of aryl methyl sites for hydroxylation is 1. The zero-order valence-electron chi connectivity index (χ0n) is 12.3. The van der Waals surface area contributed by atoms with Gasteiger partial charge < -0.3 is 4.90 Å². The highest BCUT2D eigenvalue weighted by atomic mass is 16.2. The molecule has 0 spiro atoms. The second-order valence-corrected chi connectivity index (χ2v) is 4.82. The van der Waals surface area contributed by atoms with Crippen LogP contribution < -0.4 is 4.90 Å². The van der Waals surface area contributed by atoms with Crippen molar-refractivity contribution in [3.8, 4) is 5.82 Å². The van der Waals surface area contributed by atoms with Crippen LogP contribution in [-0.4, -0.2) is 32.7 Å². The molecule has 0 saturated heterocycles. The van der Waals surface area contributed by atoms with Crippen molar-refractivity contribution in [2.24, 2.45) is 0 Å². The number of benzene rings is 1. The molecule has 0 atom stereocenters. The normalized spacial score (nSPS) is 10.5. The van der Waals surface area contributed by atoms with Crippen LogP contribution in [0, 0.1) is 6.92 Å². The first kappa shape index (κ1) is 13.9. The lowest BCUT2D eigenvalue weighted by molar-refractivity contribution is 0.0987. The van der Waals surface area contributed by atoms with Crippen LogP contribution in [0.5, 0.6) is 0 Å². The Bertz CT molecular complexity index is 780. The molecule has 0 bridgehead atoms. The van der Waals surface area contributed by atoms with Gasteiger partial charge in [0.05, 0.1) is 0 Å². The summed E-state index contributed by atoms with van der Waals surface area (Å²) < 4.78 is 1.81. The monoisotopic (exact) mass is 293 g/mol. The predicted octanol–water partition coefficient (Wildman–Crippen LogP) is 2.25. The summed E-state index contributed by atoms with van der Waals surface area (Å²) in [7, 11) is 1.72. The largest absolute Gasteiger partial charge is 0.310 e. The van der Waals surface area contributed by atoms with Crippen molar-refractivity contribution in [2.45, 2.75) is 6.92 Å². The average molecular weight is 293 g/mol. The highest BCUT2D eigenvalue weighted by Gasteiger charge is 2.15. The topological polar surface area (TPSA) is 63.9 Å². The summed E-state index contributed by atoms with van der Waals surface area (Å²) in [5.41, 5.74) is 1.11. The predicted molar refractivity (Wildman–Crippen MR) is 83.1 cm³/mol. The molecule has 0 N–H and O–H groups in total. The van der Waals surface area contributed by atoms with Gasteiger partial charge in [0.25, 0.3) is 5.91 Å². The number of para-hydroxylation sites is 1. The maximum atomic E-state index is 12.4. The smallest absolute Gasteiger partial charge is 0.278 e. The van der Waals surface area contributed by atoms with Gasteiger partial charge in [-0.2, -0.15) is 0 Å². The zero-order chi connectivity index (χ0) is 15.5. The molecule has 6 nitrogen and oxygen atoms in total. The highest BCUT2D eigenvalue weighted by Crippen LogP contribution is 2.14. The molecule has 0 unspecified atom stereocenters. The Hall–Kier alpha value is -3.02. The lowest BCUT2D eigenvalue weighted by atomic mass is 10.2. The van der Waals surface area contributed by atoms with E-state index in [1.165, 1.54) is 0 Å². The quantitative estimate of drug-likeness (QED) is 0.743. The summed E-state index contributed by atoms with van der Waals surface area (Å²) in [5.74, 6) is 1.25. The highest BCUT2D eigenvalue weighted by molar-refractivity contribution is 6.04. The first-order valence-electron chi connectivity index (χ1n) is 6.84. The average Bonchev–Trinajstić information content (AvgIpc) is 3.00. The Balaban J connectivity index is 1.84. The third-order valence-electron chi connectivity index (χ3n) is 3.39. The van der Waals surface area contributed by atoms with Crippen LogP contribution >= 0.6 is 0 Å². The van der Waals surface area contributed by atoms with Crippen molar-refractivity contribution in [1.82, 2.24) is 19.7 Å². The van der Waals surface area contributed by atoms with Crippen LogP contribution in [-0.2, 0) is 0 Å². The SMILES string of the molecule is Cc1nccn1-c1ccc(C(=O)N(C)c2ccccc2)nn1. The summed E-state index contributed by atoms with van der Waals surface area (Å²) in [6.07, 6.45) is 3.50. The van der Waals surface area contributed by atoms with E-state index in [0.717, 1.165) is 11.5 Å². The van der Waals surface area contributed by atoms with Crippen LogP contribution in [0.3, 0.4) is 0 Å². The fourth-order valence-corrected chi connectivity index (χ4v) is 2.13. The standard InChI is InChI=1S/C16H15N5O/c1-12-17-10-11-21(12)15-9-8-14(18-19-15)16(22)20(2)13-6-4-3-5-7-13/h3-11H,1-2H3. The van der Waals surface area contributed by atoms with Crippen molar-refractivity contribution < 1.29 is 4.79 Å². The molecule has 2 heterocycles. The van der Waals surface area contributed by atoms with Gasteiger partial charge in [-0.15, -0.1) is 10.2 Å². The molecule has 2 aromatic heterocycles. The summed E-state index contributed by atoms with van der Waals surface area (Å²) in [5, 5.41) is 8.14. The van der Waals surface area contributed by atoms with E-state index in [-0.39, 0.29) is 5.91 Å². The van der Waals surface area contributed by atoms with E-state index < -0.39 is 0 Å². The summed E-state index contributed by atoms with van der Waals surface area (Å²) in [6, 6.07) is 12.8. The van der Waals surface area contributed by atoms with Crippen molar-refractivity contribution in [1.29, 1.82) is 0 Å². The Morgan fingerprint density at radius 3 is 2.45 bits per heavy atom. The number of rotatable bonds is 3. The van der Waals surface area contributed by atoms with Crippen molar-refractivity contribution in [3.63, 3.8) is 0 Å². The first-order chi connectivity index (χ1) is 10.7. The van der Waals surface area contributed by atoms with Crippen molar-refractivity contribution in [3.05, 3.63) is 66.4 Å². The molecular formula is C16H15N5O. The third-order valence-corrected chi connectivity index (χ3v) is 3.39. The number of amides is 1. The molecule has 1 aromatic carbocycles. The van der Waals surface area contributed by atoms with Gasteiger partial charge in [-0.25, -0.2) is 4.98 Å². The minimum atomic E-state index is -0.201. The van der Waals surface area contributed by atoms with Crippen LogP contribution in [0.2, 0.25) is 0 Å². The van der Waals surface area contributed by atoms with E-state index in [1.807, 2.05) is 41.8 Å². The lowest BCUT2D eigenvalue weighted by Crippen LogP contribution is -2.27. The van der Waals surface area contributed by atoms with Gasteiger partial charge >= 0.3 is 0 Å². The van der Waals surface area contributed by atoms with Gasteiger partial charge in [0.15, 0.2) is 11.5 Å². The molecule has 0 fully saturated rings. The molecule has 1 amide bonds. The van der Waals surface area contributed by atoms with Crippen molar-refractivity contribution >= 4 is 11.6 Å². The number of nitrogens with zero attached hydrogens (tertiary/aromatic N) is 5. The van der Waals surface area contributed by atoms with Crippen LogP contribution in [0.1, 0.15) is 16.3 Å². The van der Waals surface area contributed by atoms with E-state index in [9.17, 15) is 4.79 Å². The van der Waals surface area contributed by atoms with Gasteiger partial charge in [0, 0.05) is 25.1 Å². The van der Waals surface area contributed by atoms with Gasteiger partial charge in [-0.3, -0.25) is 9.36 Å². The summed E-state index contributed by atoms with van der Waals surface area (Å²) >= 11 is 0. The molecule has 0 aliphatic heterocycles. The summed E-state index contributed by atoms with van der Waals surface area (Å²) in [4.78, 5) is 18.1.